The van der Waals surface area contributed by atoms with E-state index in [9.17, 15) is 0 Å². The lowest BCUT2D eigenvalue weighted by Gasteiger charge is -2.23. The van der Waals surface area contributed by atoms with E-state index in [-0.39, 0.29) is 0 Å². The first kappa shape index (κ1) is 11.2. The lowest BCUT2D eigenvalue weighted by atomic mass is 10.1. The van der Waals surface area contributed by atoms with E-state index in [2.05, 4.69) is 20.6 Å². The fourth-order valence-corrected chi connectivity index (χ4v) is 2.57. The zero-order valence-corrected chi connectivity index (χ0v) is 10.3. The Morgan fingerprint density at radius 2 is 2.35 bits per heavy atom. The summed E-state index contributed by atoms with van der Waals surface area (Å²) in [5, 5.41) is 7.10. The zero-order chi connectivity index (χ0) is 11.5. The van der Waals surface area contributed by atoms with Crippen molar-refractivity contribution >= 4 is 0 Å². The van der Waals surface area contributed by atoms with Crippen LogP contribution in [0.15, 0.2) is 6.33 Å². The molecule has 1 aromatic rings. The van der Waals surface area contributed by atoms with Crippen LogP contribution in [0.4, 0.5) is 0 Å². The average molecular weight is 234 g/mol. The third-order valence-electron chi connectivity index (χ3n) is 3.87. The molecular formula is C13H22N4. The van der Waals surface area contributed by atoms with Gasteiger partial charge in [0.1, 0.15) is 0 Å². The Bertz CT molecular complexity index is 356. The second kappa shape index (κ2) is 5.19. The topological polar surface area (TPSA) is 52.7 Å². The maximum absolute atomic E-state index is 4.36. The second-order valence-corrected chi connectivity index (χ2v) is 5.40. The minimum atomic E-state index is 0.548. The number of aromatic nitrogens is 2. The molecule has 1 aromatic heterocycles. The fraction of sp³-hybridized carbons (Fsp3) is 0.769. The Morgan fingerprint density at radius 1 is 1.41 bits per heavy atom. The van der Waals surface area contributed by atoms with Crippen molar-refractivity contribution in [3.05, 3.63) is 17.7 Å². The number of hydrogen-bond donors (Lipinski definition) is 3. The second-order valence-electron chi connectivity index (χ2n) is 5.40. The summed E-state index contributed by atoms with van der Waals surface area (Å²) >= 11 is 0. The van der Waals surface area contributed by atoms with Gasteiger partial charge in [0.25, 0.3) is 0 Å². The van der Waals surface area contributed by atoms with E-state index in [1.165, 1.54) is 43.6 Å². The van der Waals surface area contributed by atoms with Crippen molar-refractivity contribution in [1.29, 1.82) is 0 Å². The monoisotopic (exact) mass is 234 g/mol. The van der Waals surface area contributed by atoms with Crippen LogP contribution in [0.1, 0.15) is 37.1 Å². The molecule has 2 aliphatic rings. The van der Waals surface area contributed by atoms with Gasteiger partial charge in [-0.25, -0.2) is 4.98 Å². The van der Waals surface area contributed by atoms with Crippen LogP contribution in [0.25, 0.3) is 0 Å². The summed E-state index contributed by atoms with van der Waals surface area (Å²) in [7, 11) is 0. The summed E-state index contributed by atoms with van der Waals surface area (Å²) in [4.78, 5) is 7.54. The number of fused-ring (bicyclic) bond motifs is 1. The first-order valence-electron chi connectivity index (χ1n) is 6.87. The van der Waals surface area contributed by atoms with Crippen LogP contribution in [0.5, 0.6) is 0 Å². The SMILES string of the molecule is c1nc2c([nH]1)CNC(CNCCCC1CC1)C2. The molecule has 1 aliphatic heterocycles. The van der Waals surface area contributed by atoms with E-state index >= 15 is 0 Å². The van der Waals surface area contributed by atoms with Crippen LogP contribution in [0.2, 0.25) is 0 Å². The van der Waals surface area contributed by atoms with Gasteiger partial charge >= 0.3 is 0 Å². The Kier molecular flexibility index (Phi) is 3.43. The minimum Gasteiger partial charge on any atom is -0.347 e. The molecule has 4 heteroatoms. The summed E-state index contributed by atoms with van der Waals surface area (Å²) in [6.07, 6.45) is 8.57. The lowest BCUT2D eigenvalue weighted by Crippen LogP contribution is -2.43. The molecule has 1 fully saturated rings. The third kappa shape index (κ3) is 3.07. The van der Waals surface area contributed by atoms with Gasteiger partial charge in [-0.2, -0.15) is 0 Å². The summed E-state index contributed by atoms with van der Waals surface area (Å²) in [5.41, 5.74) is 2.50. The van der Waals surface area contributed by atoms with Gasteiger partial charge < -0.3 is 15.6 Å². The first-order valence-corrected chi connectivity index (χ1v) is 6.87. The standard InChI is InChI=1S/C13H22N4/c1(2-10-3-4-10)5-14-7-11-6-12-13(8-15-11)17-9-16-12/h9-11,14-15H,1-8H2,(H,16,17). The molecule has 3 rings (SSSR count). The third-order valence-corrected chi connectivity index (χ3v) is 3.87. The van der Waals surface area contributed by atoms with Gasteiger partial charge in [0, 0.05) is 25.6 Å². The summed E-state index contributed by atoms with van der Waals surface area (Å²) in [6, 6.07) is 0.548. The highest BCUT2D eigenvalue weighted by atomic mass is 15.0. The predicted octanol–water partition coefficient (Wildman–Crippen LogP) is 1.20. The van der Waals surface area contributed by atoms with Crippen LogP contribution in [0, 0.1) is 5.92 Å². The van der Waals surface area contributed by atoms with Gasteiger partial charge in [-0.3, -0.25) is 0 Å². The Hall–Kier alpha value is -0.870. The molecule has 4 nitrogen and oxygen atoms in total. The van der Waals surface area contributed by atoms with Crippen LogP contribution >= 0.6 is 0 Å². The Balaban J connectivity index is 1.33. The molecule has 0 amide bonds. The molecule has 0 spiro atoms. The molecule has 1 aliphatic carbocycles. The molecule has 0 radical (unpaired) electrons. The summed E-state index contributed by atoms with van der Waals surface area (Å²) in [5.74, 6) is 1.07. The van der Waals surface area contributed by atoms with Crippen molar-refractivity contribution in [1.82, 2.24) is 20.6 Å². The van der Waals surface area contributed by atoms with Crippen LogP contribution < -0.4 is 10.6 Å². The van der Waals surface area contributed by atoms with Crippen LogP contribution in [0.3, 0.4) is 0 Å². The highest BCUT2D eigenvalue weighted by Gasteiger charge is 2.21. The van der Waals surface area contributed by atoms with Gasteiger partial charge in [0.15, 0.2) is 0 Å². The number of hydrogen-bond acceptors (Lipinski definition) is 3. The Morgan fingerprint density at radius 3 is 3.24 bits per heavy atom. The van der Waals surface area contributed by atoms with Crippen molar-refractivity contribution in [2.24, 2.45) is 5.92 Å². The highest BCUT2D eigenvalue weighted by molar-refractivity contribution is 5.15. The average Bonchev–Trinajstić information content (AvgIpc) is 3.05. The van der Waals surface area contributed by atoms with Gasteiger partial charge in [-0.1, -0.05) is 12.8 Å². The van der Waals surface area contributed by atoms with Crippen molar-refractivity contribution in [3.8, 4) is 0 Å². The first-order chi connectivity index (χ1) is 8.42. The molecule has 1 atom stereocenters. The fourth-order valence-electron chi connectivity index (χ4n) is 2.57. The normalized spacial score (nSPS) is 23.6. The molecule has 1 unspecified atom stereocenters. The Labute approximate surface area is 103 Å². The molecule has 17 heavy (non-hydrogen) atoms. The van der Waals surface area contributed by atoms with Crippen molar-refractivity contribution in [2.75, 3.05) is 13.1 Å². The quantitative estimate of drug-likeness (QED) is 0.648. The van der Waals surface area contributed by atoms with Gasteiger partial charge in [0.05, 0.1) is 17.7 Å². The van der Waals surface area contributed by atoms with Crippen molar-refractivity contribution in [2.45, 2.75) is 44.7 Å². The number of rotatable bonds is 6. The molecule has 0 saturated heterocycles. The van der Waals surface area contributed by atoms with Gasteiger partial charge in [-0.05, 0) is 25.3 Å². The molecule has 1 saturated carbocycles. The molecule has 3 N–H and O–H groups in total. The van der Waals surface area contributed by atoms with Crippen LogP contribution in [-0.4, -0.2) is 29.1 Å². The number of nitrogens with zero attached hydrogens (tertiary/aromatic N) is 1. The number of nitrogens with one attached hydrogen (secondary N) is 3. The number of imidazole rings is 1. The van der Waals surface area contributed by atoms with E-state index in [0.29, 0.717) is 6.04 Å². The van der Waals surface area contributed by atoms with E-state index < -0.39 is 0 Å². The molecular weight excluding hydrogens is 212 g/mol. The molecule has 2 heterocycles. The maximum atomic E-state index is 4.36. The zero-order valence-electron chi connectivity index (χ0n) is 10.3. The lowest BCUT2D eigenvalue weighted by molar-refractivity contribution is 0.437. The largest absolute Gasteiger partial charge is 0.347 e. The molecule has 94 valence electrons. The van der Waals surface area contributed by atoms with E-state index in [1.807, 2.05) is 0 Å². The number of H-pyrrole nitrogens is 1. The molecule has 0 aromatic carbocycles. The number of aromatic amines is 1. The minimum absolute atomic E-state index is 0.548. The highest BCUT2D eigenvalue weighted by Crippen LogP contribution is 2.33. The maximum Gasteiger partial charge on any atom is 0.0925 e. The van der Waals surface area contributed by atoms with Crippen molar-refractivity contribution < 1.29 is 0 Å². The van der Waals surface area contributed by atoms with Gasteiger partial charge in [0.2, 0.25) is 0 Å². The molecule has 0 bridgehead atoms. The summed E-state index contributed by atoms with van der Waals surface area (Å²) < 4.78 is 0. The predicted molar refractivity (Wildman–Crippen MR) is 67.7 cm³/mol. The summed E-state index contributed by atoms with van der Waals surface area (Å²) in [6.45, 7) is 3.17. The van der Waals surface area contributed by atoms with E-state index in [4.69, 9.17) is 0 Å². The van der Waals surface area contributed by atoms with E-state index in [1.54, 1.807) is 6.33 Å². The van der Waals surface area contributed by atoms with E-state index in [0.717, 1.165) is 25.4 Å². The smallest absolute Gasteiger partial charge is 0.0925 e. The van der Waals surface area contributed by atoms with Crippen LogP contribution in [-0.2, 0) is 13.0 Å². The van der Waals surface area contributed by atoms with Gasteiger partial charge in [-0.15, -0.1) is 0 Å². The van der Waals surface area contributed by atoms with Crippen molar-refractivity contribution in [3.63, 3.8) is 0 Å².